The number of urea groups is 1. The molecular formula is C18H24IN5O3. The molecule has 1 fully saturated rings. The number of benzene rings is 1. The minimum Gasteiger partial charge on any atom is -0.459 e. The fourth-order valence-corrected chi connectivity index (χ4v) is 2.83. The Morgan fingerprint density at radius 1 is 1.37 bits per heavy atom. The minimum atomic E-state index is -0.356. The number of halogens is 1. The predicted octanol–water partition coefficient (Wildman–Crippen LogP) is 2.00. The molecule has 1 aliphatic rings. The molecule has 8 nitrogen and oxygen atoms in total. The number of rotatable bonds is 6. The smallest absolute Gasteiger partial charge is 0.324 e. The van der Waals surface area contributed by atoms with Crippen LogP contribution in [0.5, 0.6) is 0 Å². The zero-order chi connectivity index (χ0) is 18.5. The molecule has 3 rings (SSSR count). The van der Waals surface area contributed by atoms with Crippen molar-refractivity contribution >= 4 is 52.8 Å². The molecule has 1 aromatic heterocycles. The average molecular weight is 485 g/mol. The molecule has 2 N–H and O–H groups in total. The maximum absolute atomic E-state index is 11.6. The number of hydrogen-bond acceptors (Lipinski definition) is 4. The summed E-state index contributed by atoms with van der Waals surface area (Å²) in [5.74, 6) is 1.32. The molecule has 0 saturated carbocycles. The first-order valence-corrected chi connectivity index (χ1v) is 8.63. The molecule has 0 unspecified atom stereocenters. The molecule has 0 radical (unpaired) electrons. The van der Waals surface area contributed by atoms with Crippen LogP contribution in [0.15, 0.2) is 39.7 Å². The van der Waals surface area contributed by atoms with E-state index in [1.165, 1.54) is 4.90 Å². The molecular weight excluding hydrogens is 461 g/mol. The molecule has 0 bridgehead atoms. The molecule has 0 atom stereocenters. The van der Waals surface area contributed by atoms with E-state index in [4.69, 9.17) is 4.42 Å². The van der Waals surface area contributed by atoms with Gasteiger partial charge in [-0.1, -0.05) is 18.2 Å². The lowest BCUT2D eigenvalue weighted by atomic mass is 10.2. The van der Waals surface area contributed by atoms with Crippen LogP contribution in [0, 0.1) is 0 Å². The Bertz CT molecular complexity index is 786. The van der Waals surface area contributed by atoms with Gasteiger partial charge in [0, 0.05) is 19.0 Å². The highest BCUT2D eigenvalue weighted by atomic mass is 127. The summed E-state index contributed by atoms with van der Waals surface area (Å²) >= 11 is 0. The zero-order valence-corrected chi connectivity index (χ0v) is 17.7. The lowest BCUT2D eigenvalue weighted by Crippen LogP contribution is -2.39. The maximum atomic E-state index is 11.6. The first kappa shape index (κ1) is 21.0. The van der Waals surface area contributed by atoms with Crippen molar-refractivity contribution in [1.82, 2.24) is 20.4 Å². The maximum Gasteiger partial charge on any atom is 0.324 e. The number of aliphatic imine (C=N–C) groups is 1. The van der Waals surface area contributed by atoms with E-state index >= 15 is 0 Å². The quantitative estimate of drug-likeness (QED) is 0.283. The van der Waals surface area contributed by atoms with Gasteiger partial charge in [0.25, 0.3) is 0 Å². The second-order valence-electron chi connectivity index (χ2n) is 6.05. The van der Waals surface area contributed by atoms with Crippen molar-refractivity contribution in [2.24, 2.45) is 4.99 Å². The third-order valence-corrected chi connectivity index (χ3v) is 4.09. The Hall–Kier alpha value is -2.30. The summed E-state index contributed by atoms with van der Waals surface area (Å²) in [6, 6.07) is 9.54. The summed E-state index contributed by atoms with van der Waals surface area (Å²) in [7, 11) is 1.92. The number of furan rings is 1. The summed E-state index contributed by atoms with van der Waals surface area (Å²) in [6.07, 6.45) is 0. The highest BCUT2D eigenvalue weighted by molar-refractivity contribution is 14.0. The van der Waals surface area contributed by atoms with Crippen LogP contribution in [0.1, 0.15) is 12.7 Å². The van der Waals surface area contributed by atoms with Crippen molar-refractivity contribution in [3.63, 3.8) is 0 Å². The molecule has 1 aromatic carbocycles. The molecule has 2 aromatic rings. The van der Waals surface area contributed by atoms with Gasteiger partial charge in [-0.05, 0) is 19.1 Å². The Morgan fingerprint density at radius 3 is 2.81 bits per heavy atom. The number of nitrogens with zero attached hydrogens (tertiary/aromatic N) is 3. The number of fused-ring (bicyclic) bond motifs is 1. The van der Waals surface area contributed by atoms with Crippen molar-refractivity contribution in [2.75, 3.05) is 33.2 Å². The SMILES string of the molecule is CCNC(=NCCN1C(=O)CNC1=O)N(C)Cc1cc2ccccc2o1.I. The Morgan fingerprint density at radius 2 is 2.15 bits per heavy atom. The fraction of sp³-hybridized carbons (Fsp3) is 0.389. The van der Waals surface area contributed by atoms with Gasteiger partial charge >= 0.3 is 6.03 Å². The highest BCUT2D eigenvalue weighted by Gasteiger charge is 2.27. The van der Waals surface area contributed by atoms with Crippen molar-refractivity contribution in [2.45, 2.75) is 13.5 Å². The molecule has 0 spiro atoms. The molecule has 9 heteroatoms. The van der Waals surface area contributed by atoms with E-state index in [2.05, 4.69) is 15.6 Å². The van der Waals surface area contributed by atoms with Gasteiger partial charge in [-0.15, -0.1) is 24.0 Å². The van der Waals surface area contributed by atoms with Crippen LogP contribution in [0.4, 0.5) is 4.79 Å². The lowest BCUT2D eigenvalue weighted by molar-refractivity contribution is -0.124. The average Bonchev–Trinajstić information content (AvgIpc) is 3.17. The van der Waals surface area contributed by atoms with Gasteiger partial charge in [0.2, 0.25) is 5.91 Å². The van der Waals surface area contributed by atoms with Gasteiger partial charge < -0.3 is 20.0 Å². The van der Waals surface area contributed by atoms with Crippen LogP contribution < -0.4 is 10.6 Å². The van der Waals surface area contributed by atoms with Gasteiger partial charge in [-0.3, -0.25) is 14.7 Å². The van der Waals surface area contributed by atoms with Crippen LogP contribution in [0.3, 0.4) is 0 Å². The van der Waals surface area contributed by atoms with E-state index in [1.807, 2.05) is 49.2 Å². The van der Waals surface area contributed by atoms with Gasteiger partial charge in [0.05, 0.1) is 26.2 Å². The van der Waals surface area contributed by atoms with E-state index < -0.39 is 0 Å². The molecule has 3 amide bonds. The number of imide groups is 1. The van der Waals surface area contributed by atoms with E-state index in [-0.39, 0.29) is 49.0 Å². The van der Waals surface area contributed by atoms with Crippen molar-refractivity contribution in [3.8, 4) is 0 Å². The number of guanidine groups is 1. The van der Waals surface area contributed by atoms with Gasteiger partial charge in [0.1, 0.15) is 11.3 Å². The van der Waals surface area contributed by atoms with Crippen molar-refractivity contribution in [3.05, 3.63) is 36.1 Å². The molecule has 1 saturated heterocycles. The van der Waals surface area contributed by atoms with Gasteiger partial charge in [-0.2, -0.15) is 0 Å². The molecule has 27 heavy (non-hydrogen) atoms. The van der Waals surface area contributed by atoms with Crippen LogP contribution in [-0.4, -0.2) is 60.9 Å². The van der Waals surface area contributed by atoms with Crippen LogP contribution in [0.2, 0.25) is 0 Å². The summed E-state index contributed by atoms with van der Waals surface area (Å²) in [4.78, 5) is 30.8. The summed E-state index contributed by atoms with van der Waals surface area (Å²) in [6.45, 7) is 3.93. The number of hydrogen-bond donors (Lipinski definition) is 2. The lowest BCUT2D eigenvalue weighted by Gasteiger charge is -2.21. The predicted molar refractivity (Wildman–Crippen MR) is 114 cm³/mol. The number of amides is 3. The first-order valence-electron chi connectivity index (χ1n) is 8.63. The number of para-hydroxylation sites is 1. The molecule has 146 valence electrons. The second-order valence-corrected chi connectivity index (χ2v) is 6.05. The van der Waals surface area contributed by atoms with Gasteiger partial charge in [-0.25, -0.2) is 4.79 Å². The fourth-order valence-electron chi connectivity index (χ4n) is 2.83. The van der Waals surface area contributed by atoms with E-state index in [0.29, 0.717) is 25.6 Å². The first-order chi connectivity index (χ1) is 12.6. The zero-order valence-electron chi connectivity index (χ0n) is 15.4. The Balaban J connectivity index is 0.00000261. The Kier molecular flexibility index (Phi) is 7.45. The standard InChI is InChI=1S/C18H23N5O3.HI/c1-3-19-17(20-8-9-23-16(24)11-21-18(23)25)22(2)12-14-10-13-6-4-5-7-15(13)26-14;/h4-7,10H,3,8-9,11-12H2,1-2H3,(H,19,20)(H,21,25);1H. The minimum absolute atomic E-state index is 0. The molecule has 1 aliphatic heterocycles. The van der Waals surface area contributed by atoms with Crippen LogP contribution in [0.25, 0.3) is 11.0 Å². The number of nitrogens with one attached hydrogen (secondary N) is 2. The third-order valence-electron chi connectivity index (χ3n) is 4.09. The van der Waals surface area contributed by atoms with E-state index in [9.17, 15) is 9.59 Å². The van der Waals surface area contributed by atoms with Crippen LogP contribution in [-0.2, 0) is 11.3 Å². The normalized spacial score (nSPS) is 14.3. The molecule has 0 aliphatic carbocycles. The van der Waals surface area contributed by atoms with Crippen LogP contribution >= 0.6 is 24.0 Å². The second kappa shape index (κ2) is 9.58. The van der Waals surface area contributed by atoms with Crippen molar-refractivity contribution in [1.29, 1.82) is 0 Å². The number of carbonyl (C=O) groups is 2. The summed E-state index contributed by atoms with van der Waals surface area (Å²) in [5.41, 5.74) is 0.858. The topological polar surface area (TPSA) is 90.2 Å². The summed E-state index contributed by atoms with van der Waals surface area (Å²) in [5, 5.41) is 6.78. The monoisotopic (exact) mass is 485 g/mol. The largest absolute Gasteiger partial charge is 0.459 e. The Labute approximate surface area is 175 Å². The third kappa shape index (κ3) is 5.12. The number of carbonyl (C=O) groups excluding carboxylic acids is 2. The molecule has 2 heterocycles. The summed E-state index contributed by atoms with van der Waals surface area (Å²) < 4.78 is 5.85. The van der Waals surface area contributed by atoms with E-state index in [1.54, 1.807) is 0 Å². The highest BCUT2D eigenvalue weighted by Crippen LogP contribution is 2.19. The van der Waals surface area contributed by atoms with E-state index in [0.717, 1.165) is 16.7 Å². The van der Waals surface area contributed by atoms with Gasteiger partial charge in [0.15, 0.2) is 5.96 Å². The van der Waals surface area contributed by atoms with Crippen molar-refractivity contribution < 1.29 is 14.0 Å².